The number of hydrogen-bond acceptors (Lipinski definition) is 1. The van der Waals surface area contributed by atoms with Crippen LogP contribution in [0.3, 0.4) is 0 Å². The third-order valence-electron chi connectivity index (χ3n) is 10.4. The summed E-state index contributed by atoms with van der Waals surface area (Å²) in [5.41, 5.74) is 12.2. The zero-order chi connectivity index (χ0) is 30.6. The summed E-state index contributed by atoms with van der Waals surface area (Å²) in [5, 5.41) is 9.89. The molecule has 0 N–H and O–H groups in total. The maximum Gasteiger partial charge on any atom is 0.143 e. The average molecular weight is 587 g/mol. The standard InChI is InChI=1S/C45H30O/c1-45(2)39-24-11-9-15-28(39)38-26-37(27-14-3-8-21-34(27)43(38)45)42-32-19-6-4-17-30(32)41(31-18-5-7-20-33(31)42)36-23-13-22-35-29-16-10-12-25-40(29)46-44(35)36/h3-26H,1-2H3. The van der Waals surface area contributed by atoms with Gasteiger partial charge in [0.1, 0.15) is 11.2 Å². The van der Waals surface area contributed by atoms with E-state index >= 15 is 0 Å². The Morgan fingerprint density at radius 3 is 1.59 bits per heavy atom. The second-order valence-electron chi connectivity index (χ2n) is 13.2. The molecule has 0 atom stereocenters. The fraction of sp³-hybridized carbons (Fsp3) is 0.0667. The van der Waals surface area contributed by atoms with E-state index in [1.807, 2.05) is 6.07 Å². The Balaban J connectivity index is 1.37. The molecule has 46 heavy (non-hydrogen) atoms. The Kier molecular flexibility index (Phi) is 5.12. The highest BCUT2D eigenvalue weighted by Gasteiger charge is 2.37. The predicted molar refractivity (Wildman–Crippen MR) is 195 cm³/mol. The first-order valence-electron chi connectivity index (χ1n) is 16.1. The molecular formula is C45H30O. The van der Waals surface area contributed by atoms with Crippen LogP contribution < -0.4 is 0 Å². The van der Waals surface area contributed by atoms with Crippen LogP contribution in [0, 0.1) is 0 Å². The predicted octanol–water partition coefficient (Wildman–Crippen LogP) is 12.7. The number of hydrogen-bond donors (Lipinski definition) is 0. The molecule has 0 unspecified atom stereocenters. The summed E-state index contributed by atoms with van der Waals surface area (Å²) in [6.45, 7) is 4.75. The normalized spacial score (nSPS) is 13.6. The van der Waals surface area contributed by atoms with Gasteiger partial charge in [-0.25, -0.2) is 0 Å². The number of fused-ring (bicyclic) bond motifs is 10. The molecule has 1 aliphatic rings. The van der Waals surface area contributed by atoms with E-state index in [9.17, 15) is 0 Å². The Morgan fingerprint density at radius 1 is 0.391 bits per heavy atom. The van der Waals surface area contributed by atoms with Crippen molar-refractivity contribution in [3.05, 3.63) is 157 Å². The lowest BCUT2D eigenvalue weighted by atomic mass is 9.78. The lowest BCUT2D eigenvalue weighted by Crippen LogP contribution is -2.15. The molecule has 0 amide bonds. The smallest absolute Gasteiger partial charge is 0.143 e. The molecule has 8 aromatic carbocycles. The van der Waals surface area contributed by atoms with E-state index in [1.54, 1.807) is 0 Å². The molecule has 216 valence electrons. The van der Waals surface area contributed by atoms with Gasteiger partial charge in [-0.1, -0.05) is 147 Å². The van der Waals surface area contributed by atoms with Crippen molar-refractivity contribution in [2.45, 2.75) is 19.3 Å². The summed E-state index contributed by atoms with van der Waals surface area (Å²) in [6.07, 6.45) is 0. The first-order valence-corrected chi connectivity index (χ1v) is 16.1. The van der Waals surface area contributed by atoms with Crippen molar-refractivity contribution >= 4 is 54.3 Å². The van der Waals surface area contributed by atoms with E-state index < -0.39 is 0 Å². The van der Waals surface area contributed by atoms with Crippen molar-refractivity contribution in [3.8, 4) is 33.4 Å². The number of benzene rings is 8. The molecule has 0 aliphatic heterocycles. The van der Waals surface area contributed by atoms with Gasteiger partial charge in [0, 0.05) is 27.3 Å². The molecule has 9 aromatic rings. The lowest BCUT2D eigenvalue weighted by molar-refractivity contribution is 0.666. The zero-order valence-electron chi connectivity index (χ0n) is 25.8. The Bertz CT molecular complexity index is 2660. The van der Waals surface area contributed by atoms with E-state index in [0.717, 1.165) is 27.5 Å². The molecule has 1 heterocycles. The van der Waals surface area contributed by atoms with Gasteiger partial charge in [-0.2, -0.15) is 0 Å². The number of para-hydroxylation sites is 2. The van der Waals surface area contributed by atoms with Crippen molar-refractivity contribution in [2.24, 2.45) is 0 Å². The molecule has 0 saturated carbocycles. The number of rotatable bonds is 2. The monoisotopic (exact) mass is 586 g/mol. The van der Waals surface area contributed by atoms with Crippen LogP contribution in [0.25, 0.3) is 87.6 Å². The Labute approximate surface area is 267 Å². The largest absolute Gasteiger partial charge is 0.455 e. The SMILES string of the molecule is CC1(C)c2ccccc2-c2cc(-c3c4ccccc4c(-c4cccc5c4oc4ccccc45)c4ccccc34)c3ccccc3c21. The molecular weight excluding hydrogens is 556 g/mol. The summed E-state index contributed by atoms with van der Waals surface area (Å²) in [5.74, 6) is 0. The van der Waals surface area contributed by atoms with Crippen LogP contribution in [0.5, 0.6) is 0 Å². The van der Waals surface area contributed by atoms with Crippen molar-refractivity contribution in [1.29, 1.82) is 0 Å². The van der Waals surface area contributed by atoms with Crippen molar-refractivity contribution in [2.75, 3.05) is 0 Å². The molecule has 1 aliphatic carbocycles. The second kappa shape index (κ2) is 9.19. The van der Waals surface area contributed by atoms with Gasteiger partial charge in [-0.05, 0) is 77.8 Å². The zero-order valence-corrected chi connectivity index (χ0v) is 25.8. The molecule has 0 bridgehead atoms. The van der Waals surface area contributed by atoms with Gasteiger partial charge in [-0.3, -0.25) is 0 Å². The highest BCUT2D eigenvalue weighted by atomic mass is 16.3. The third kappa shape index (κ3) is 3.30. The fourth-order valence-corrected chi connectivity index (χ4v) is 8.52. The molecule has 0 fully saturated rings. The quantitative estimate of drug-likeness (QED) is 0.184. The van der Waals surface area contributed by atoms with Crippen LogP contribution in [0.15, 0.2) is 150 Å². The number of furan rings is 1. The van der Waals surface area contributed by atoms with E-state index in [4.69, 9.17) is 4.42 Å². The van der Waals surface area contributed by atoms with Crippen molar-refractivity contribution in [1.82, 2.24) is 0 Å². The Hall–Kier alpha value is -5.66. The van der Waals surface area contributed by atoms with E-state index in [-0.39, 0.29) is 5.41 Å². The van der Waals surface area contributed by atoms with Gasteiger partial charge in [0.25, 0.3) is 0 Å². The molecule has 1 aromatic heterocycles. The van der Waals surface area contributed by atoms with Gasteiger partial charge in [0.15, 0.2) is 0 Å². The van der Waals surface area contributed by atoms with Gasteiger partial charge < -0.3 is 4.42 Å². The average Bonchev–Trinajstić information content (AvgIpc) is 3.59. The highest BCUT2D eigenvalue weighted by Crippen LogP contribution is 2.55. The van der Waals surface area contributed by atoms with Crippen molar-refractivity contribution in [3.63, 3.8) is 0 Å². The minimum Gasteiger partial charge on any atom is -0.455 e. The summed E-state index contributed by atoms with van der Waals surface area (Å²) in [7, 11) is 0. The van der Waals surface area contributed by atoms with Gasteiger partial charge in [0.2, 0.25) is 0 Å². The molecule has 1 nitrogen and oxygen atoms in total. The van der Waals surface area contributed by atoms with Crippen LogP contribution in [-0.2, 0) is 5.41 Å². The topological polar surface area (TPSA) is 13.1 Å². The van der Waals surface area contributed by atoms with Crippen LogP contribution in [0.2, 0.25) is 0 Å². The maximum absolute atomic E-state index is 6.61. The minimum absolute atomic E-state index is 0.0800. The molecule has 1 heteroatoms. The van der Waals surface area contributed by atoms with Gasteiger partial charge in [-0.15, -0.1) is 0 Å². The fourth-order valence-electron chi connectivity index (χ4n) is 8.52. The highest BCUT2D eigenvalue weighted by molar-refractivity contribution is 6.26. The van der Waals surface area contributed by atoms with Gasteiger partial charge in [0.05, 0.1) is 0 Å². The molecule has 10 rings (SSSR count). The third-order valence-corrected chi connectivity index (χ3v) is 10.4. The lowest BCUT2D eigenvalue weighted by Gasteiger charge is -2.25. The van der Waals surface area contributed by atoms with E-state index in [0.29, 0.717) is 0 Å². The minimum atomic E-state index is -0.0800. The van der Waals surface area contributed by atoms with Crippen LogP contribution >= 0.6 is 0 Å². The molecule has 0 saturated heterocycles. The summed E-state index contributed by atoms with van der Waals surface area (Å²) >= 11 is 0. The van der Waals surface area contributed by atoms with E-state index in [2.05, 4.69) is 153 Å². The summed E-state index contributed by atoms with van der Waals surface area (Å²) in [6, 6.07) is 53.3. The summed E-state index contributed by atoms with van der Waals surface area (Å²) < 4.78 is 6.61. The molecule has 0 radical (unpaired) electrons. The van der Waals surface area contributed by atoms with Gasteiger partial charge >= 0.3 is 0 Å². The first kappa shape index (κ1) is 25.6. The van der Waals surface area contributed by atoms with Crippen molar-refractivity contribution < 1.29 is 4.42 Å². The first-order chi connectivity index (χ1) is 22.6. The van der Waals surface area contributed by atoms with E-state index in [1.165, 1.54) is 71.3 Å². The van der Waals surface area contributed by atoms with Crippen LogP contribution in [0.1, 0.15) is 25.0 Å². The second-order valence-corrected chi connectivity index (χ2v) is 13.2. The van der Waals surface area contributed by atoms with Crippen LogP contribution in [0.4, 0.5) is 0 Å². The summed E-state index contributed by atoms with van der Waals surface area (Å²) in [4.78, 5) is 0. The van der Waals surface area contributed by atoms with Crippen LogP contribution in [-0.4, -0.2) is 0 Å². The Morgan fingerprint density at radius 2 is 0.891 bits per heavy atom. The molecule has 0 spiro atoms. The maximum atomic E-state index is 6.61.